The molecule has 0 aliphatic heterocycles. The molecule has 0 saturated heterocycles. The van der Waals surface area contributed by atoms with Gasteiger partial charge in [0, 0.05) is 23.1 Å². The second kappa shape index (κ2) is 4.87. The van der Waals surface area contributed by atoms with Gasteiger partial charge >= 0.3 is 0 Å². The molecule has 3 N–H and O–H groups in total. The highest BCUT2D eigenvalue weighted by atomic mass is 16.3. The molecule has 3 rings (SSSR count). The zero-order valence-electron chi connectivity index (χ0n) is 11.1. The summed E-state index contributed by atoms with van der Waals surface area (Å²) in [5.74, 6) is -1.41. The second-order valence-electron chi connectivity index (χ2n) is 5.52. The molecular weight excluding hydrogens is 254 g/mol. The molecule has 4 heteroatoms. The fourth-order valence-electron chi connectivity index (χ4n) is 3.25. The van der Waals surface area contributed by atoms with E-state index < -0.39 is 11.6 Å². The van der Waals surface area contributed by atoms with Crippen molar-refractivity contribution in [2.24, 2.45) is 11.7 Å². The first-order chi connectivity index (χ1) is 9.61. The summed E-state index contributed by atoms with van der Waals surface area (Å²) in [5, 5.41) is 10.4. The molecule has 1 fully saturated rings. The van der Waals surface area contributed by atoms with Gasteiger partial charge in [-0.2, -0.15) is 0 Å². The molecule has 0 bridgehead atoms. The number of rotatable bonds is 1. The van der Waals surface area contributed by atoms with Crippen LogP contribution in [0.1, 0.15) is 41.6 Å². The summed E-state index contributed by atoms with van der Waals surface area (Å²) in [7, 11) is 0. The van der Waals surface area contributed by atoms with Gasteiger partial charge in [-0.15, -0.1) is 0 Å². The Labute approximate surface area is 117 Å². The van der Waals surface area contributed by atoms with Crippen molar-refractivity contribution in [1.29, 1.82) is 0 Å². The lowest BCUT2D eigenvalue weighted by atomic mass is 9.74. The Morgan fingerprint density at radius 2 is 1.65 bits per heavy atom. The van der Waals surface area contributed by atoms with Crippen molar-refractivity contribution < 1.29 is 14.7 Å². The Morgan fingerprint density at radius 1 is 1.00 bits per heavy atom. The minimum absolute atomic E-state index is 0.0625. The number of benzene rings is 1. The van der Waals surface area contributed by atoms with E-state index in [0.717, 1.165) is 25.7 Å². The SMILES string of the molecule is N[C@@H]1CCCC[C@H]1C1=C(O)c2ccccc2C(=O)C1=O. The minimum Gasteiger partial charge on any atom is -0.507 e. The summed E-state index contributed by atoms with van der Waals surface area (Å²) in [5.41, 5.74) is 7.04. The first-order valence-corrected chi connectivity index (χ1v) is 6.98. The maximum Gasteiger partial charge on any atom is 0.234 e. The van der Waals surface area contributed by atoms with Crippen LogP contribution in [0.2, 0.25) is 0 Å². The largest absolute Gasteiger partial charge is 0.507 e. The fraction of sp³-hybridized carbons (Fsp3) is 0.375. The zero-order chi connectivity index (χ0) is 14.3. The lowest BCUT2D eigenvalue weighted by molar-refractivity contribution is -0.112. The predicted molar refractivity (Wildman–Crippen MR) is 75.3 cm³/mol. The van der Waals surface area contributed by atoms with Crippen LogP contribution in [0, 0.1) is 5.92 Å². The third-order valence-corrected chi connectivity index (χ3v) is 4.32. The van der Waals surface area contributed by atoms with Gasteiger partial charge in [-0.3, -0.25) is 9.59 Å². The Hall–Kier alpha value is -1.94. The molecule has 20 heavy (non-hydrogen) atoms. The second-order valence-corrected chi connectivity index (χ2v) is 5.52. The van der Waals surface area contributed by atoms with Crippen molar-refractivity contribution in [3.05, 3.63) is 41.0 Å². The average Bonchev–Trinajstić information content (AvgIpc) is 2.47. The van der Waals surface area contributed by atoms with Crippen molar-refractivity contribution >= 4 is 17.3 Å². The number of aliphatic hydroxyl groups is 1. The Kier molecular flexibility index (Phi) is 3.18. The number of carbonyl (C=O) groups is 2. The first kappa shape index (κ1) is 13.1. The summed E-state index contributed by atoms with van der Waals surface area (Å²) >= 11 is 0. The van der Waals surface area contributed by atoms with Crippen LogP contribution in [0.25, 0.3) is 5.76 Å². The van der Waals surface area contributed by atoms with Gasteiger partial charge in [-0.1, -0.05) is 37.1 Å². The van der Waals surface area contributed by atoms with E-state index in [1.807, 2.05) is 0 Å². The summed E-state index contributed by atoms with van der Waals surface area (Å²) < 4.78 is 0. The molecule has 2 aliphatic carbocycles. The van der Waals surface area contributed by atoms with Gasteiger partial charge in [0.15, 0.2) is 0 Å². The lowest BCUT2D eigenvalue weighted by Crippen LogP contribution is -2.39. The number of hydrogen-bond donors (Lipinski definition) is 2. The number of fused-ring (bicyclic) bond motifs is 1. The molecule has 0 spiro atoms. The van der Waals surface area contributed by atoms with Gasteiger partial charge in [-0.05, 0) is 12.8 Å². The quantitative estimate of drug-likeness (QED) is 0.768. The van der Waals surface area contributed by atoms with Crippen LogP contribution in [-0.4, -0.2) is 22.7 Å². The standard InChI is InChI=1S/C16H17NO3/c17-12-8-4-3-7-11(12)13-14(18)9-5-1-2-6-10(9)15(19)16(13)20/h1-2,5-6,11-12,18H,3-4,7-8,17H2/t11-,12-/m1/s1. The summed E-state index contributed by atoms with van der Waals surface area (Å²) in [4.78, 5) is 24.5. The van der Waals surface area contributed by atoms with E-state index in [1.165, 1.54) is 0 Å². The van der Waals surface area contributed by atoms with E-state index >= 15 is 0 Å². The number of aliphatic hydroxyl groups excluding tert-OH is 1. The molecule has 104 valence electrons. The highest BCUT2D eigenvalue weighted by molar-refractivity contribution is 6.52. The van der Waals surface area contributed by atoms with Crippen molar-refractivity contribution in [3.8, 4) is 0 Å². The molecule has 2 aliphatic rings. The van der Waals surface area contributed by atoms with Crippen LogP contribution in [-0.2, 0) is 4.79 Å². The Bertz CT molecular complexity index is 618. The van der Waals surface area contributed by atoms with Crippen molar-refractivity contribution in [3.63, 3.8) is 0 Å². The number of Topliss-reactive ketones (excluding diaryl/α,β-unsaturated/α-hetero) is 2. The summed E-state index contributed by atoms with van der Waals surface area (Å²) in [6, 6.07) is 6.51. The average molecular weight is 271 g/mol. The third kappa shape index (κ3) is 1.88. The third-order valence-electron chi connectivity index (χ3n) is 4.32. The van der Waals surface area contributed by atoms with Gasteiger partial charge in [0.25, 0.3) is 0 Å². The highest BCUT2D eigenvalue weighted by Gasteiger charge is 2.39. The normalized spacial score (nSPS) is 26.6. The van der Waals surface area contributed by atoms with E-state index in [4.69, 9.17) is 5.73 Å². The van der Waals surface area contributed by atoms with Crippen LogP contribution in [0.4, 0.5) is 0 Å². The molecule has 4 nitrogen and oxygen atoms in total. The number of hydrogen-bond acceptors (Lipinski definition) is 4. The van der Waals surface area contributed by atoms with E-state index in [9.17, 15) is 14.7 Å². The van der Waals surface area contributed by atoms with Crippen LogP contribution in [0.5, 0.6) is 0 Å². The maximum absolute atomic E-state index is 12.3. The smallest absolute Gasteiger partial charge is 0.234 e. The number of nitrogens with two attached hydrogens (primary N) is 1. The molecule has 1 saturated carbocycles. The van der Waals surface area contributed by atoms with Crippen molar-refractivity contribution in [2.75, 3.05) is 0 Å². The molecule has 1 aromatic rings. The molecule has 0 radical (unpaired) electrons. The topological polar surface area (TPSA) is 80.4 Å². The number of carbonyl (C=O) groups excluding carboxylic acids is 2. The first-order valence-electron chi connectivity index (χ1n) is 6.98. The molecular formula is C16H17NO3. The zero-order valence-corrected chi connectivity index (χ0v) is 11.1. The molecule has 0 amide bonds. The molecule has 0 aromatic heterocycles. The minimum atomic E-state index is -0.594. The molecule has 1 aromatic carbocycles. The van der Waals surface area contributed by atoms with E-state index in [-0.39, 0.29) is 28.9 Å². The van der Waals surface area contributed by atoms with E-state index in [2.05, 4.69) is 0 Å². The van der Waals surface area contributed by atoms with Crippen molar-refractivity contribution in [2.45, 2.75) is 31.7 Å². The van der Waals surface area contributed by atoms with Crippen molar-refractivity contribution in [1.82, 2.24) is 0 Å². The maximum atomic E-state index is 12.3. The van der Waals surface area contributed by atoms with Crippen LogP contribution >= 0.6 is 0 Å². The van der Waals surface area contributed by atoms with Gasteiger partial charge in [0.05, 0.1) is 5.57 Å². The molecule has 0 heterocycles. The fourth-order valence-corrected chi connectivity index (χ4v) is 3.25. The van der Waals surface area contributed by atoms with Crippen LogP contribution < -0.4 is 5.73 Å². The molecule has 0 unspecified atom stereocenters. The highest BCUT2D eigenvalue weighted by Crippen LogP contribution is 2.37. The number of ketones is 2. The lowest BCUT2D eigenvalue weighted by Gasteiger charge is -2.32. The molecule has 2 atom stereocenters. The van der Waals surface area contributed by atoms with Gasteiger partial charge in [0.1, 0.15) is 5.76 Å². The van der Waals surface area contributed by atoms with Gasteiger partial charge in [0.2, 0.25) is 11.6 Å². The predicted octanol–water partition coefficient (Wildman–Crippen LogP) is 2.24. The van der Waals surface area contributed by atoms with Gasteiger partial charge in [-0.25, -0.2) is 0 Å². The Morgan fingerprint density at radius 3 is 2.35 bits per heavy atom. The van der Waals surface area contributed by atoms with Gasteiger partial charge < -0.3 is 10.8 Å². The van der Waals surface area contributed by atoms with E-state index in [1.54, 1.807) is 24.3 Å². The summed E-state index contributed by atoms with van der Waals surface area (Å²) in [6.45, 7) is 0. The van der Waals surface area contributed by atoms with Crippen LogP contribution in [0.15, 0.2) is 29.8 Å². The Balaban J connectivity index is 2.14. The van der Waals surface area contributed by atoms with Crippen LogP contribution in [0.3, 0.4) is 0 Å². The monoisotopic (exact) mass is 271 g/mol. The summed E-state index contributed by atoms with van der Waals surface area (Å²) in [6.07, 6.45) is 3.58. The van der Waals surface area contributed by atoms with E-state index in [0.29, 0.717) is 5.56 Å².